The van der Waals surface area contributed by atoms with Crippen LogP contribution in [0, 0.1) is 0 Å². The Hall–Kier alpha value is -3.16. The van der Waals surface area contributed by atoms with Gasteiger partial charge in [-0.1, -0.05) is 249 Å². The summed E-state index contributed by atoms with van der Waals surface area (Å²) in [5.41, 5.74) is 0. The number of hydrogen-bond donors (Lipinski definition) is 2. The predicted molar refractivity (Wildman–Crippen MR) is 247 cm³/mol. The summed E-state index contributed by atoms with van der Waals surface area (Å²) >= 11 is 0. The van der Waals surface area contributed by atoms with Crippen molar-refractivity contribution in [2.45, 2.75) is 152 Å². The van der Waals surface area contributed by atoms with Crippen LogP contribution in [0.4, 0.5) is 0 Å². The molecule has 0 bridgehead atoms. The Balaban J connectivity index is -0.000000187. The summed E-state index contributed by atoms with van der Waals surface area (Å²) in [5.74, 6) is 0. The molecule has 0 saturated carbocycles. The van der Waals surface area contributed by atoms with Crippen molar-refractivity contribution in [3.63, 3.8) is 0 Å². The van der Waals surface area contributed by atoms with E-state index in [9.17, 15) is 16.8 Å². The molecular weight excluding hydrogens is 781 g/mol. The largest absolute Gasteiger partial charge is 0.425 e. The monoisotopic (exact) mass is 858 g/mol. The smallest absolute Gasteiger partial charge is 0.286 e. The molecule has 57 heavy (non-hydrogen) atoms. The number of hydrogen-bond acceptors (Lipinski definition) is 7. The van der Waals surface area contributed by atoms with Gasteiger partial charge < -0.3 is 0 Å². The van der Waals surface area contributed by atoms with E-state index in [2.05, 4.69) is 125 Å². The Morgan fingerprint density at radius 3 is 0.596 bits per heavy atom. The minimum Gasteiger partial charge on any atom is -0.286 e. The second kappa shape index (κ2) is 45.5. The van der Waals surface area contributed by atoms with Gasteiger partial charge in [0.25, 0.3) is 20.2 Å². The zero-order valence-electron chi connectivity index (χ0n) is 35.5. The number of unbranched alkanes of at least 4 members (excludes halogenated alkanes) is 14. The summed E-state index contributed by atoms with van der Waals surface area (Å²) in [6.07, 6.45) is 24.4. The Labute approximate surface area is 350 Å². The highest BCUT2D eigenvalue weighted by Crippen LogP contribution is 2.12. The van der Waals surface area contributed by atoms with Crippen LogP contribution in [0.25, 0.3) is 21.5 Å². The van der Waals surface area contributed by atoms with E-state index >= 15 is 0 Å². The molecule has 9 nitrogen and oxygen atoms in total. The first-order valence-corrected chi connectivity index (χ1v) is 24.7. The van der Waals surface area contributed by atoms with Gasteiger partial charge in [0.2, 0.25) is 0 Å². The van der Waals surface area contributed by atoms with Gasteiger partial charge in [-0.3, -0.25) is 9.11 Å². The van der Waals surface area contributed by atoms with Gasteiger partial charge in [-0.05, 0) is 21.5 Å². The molecule has 0 heterocycles. The topological polar surface area (TPSA) is 160 Å². The van der Waals surface area contributed by atoms with Gasteiger partial charge in [0.1, 0.15) is 0 Å². The van der Waals surface area contributed by atoms with Gasteiger partial charge in [-0.2, -0.15) is 16.8 Å². The summed E-state index contributed by atoms with van der Waals surface area (Å²) < 4.78 is 77.1. The Bertz CT molecular complexity index is 1470. The zero-order valence-corrected chi connectivity index (χ0v) is 38.0. The van der Waals surface area contributed by atoms with Crippen molar-refractivity contribution < 1.29 is 38.6 Å². The van der Waals surface area contributed by atoms with Crippen molar-refractivity contribution in [1.29, 1.82) is 0 Å². The fraction of sp³-hybridized carbons (Fsp3) is 0.556. The Morgan fingerprint density at radius 1 is 0.386 bits per heavy atom. The molecule has 0 fully saturated rings. The highest BCUT2D eigenvalue weighted by molar-refractivity contribution is 7.85. The number of rotatable bonds is 14. The standard InChI is InChI=1S/2C10H8.2C10H22.C2H6.2CH4O3S.CH4.O3S/c2*1-2-6-10-8-4-3-7-9(10)5-1;2*1-3-5-7-9-10-8-6-4-2;1-2;2*1-5(2,3)4;;1-4(2)3/h2*1-8H;2*3-10H2,1-2H3;1-2H3;2*1H3,(H,2,3,4);1H4;. The van der Waals surface area contributed by atoms with Crippen molar-refractivity contribution in [2.75, 3.05) is 12.5 Å². The second-order valence-corrected chi connectivity index (χ2v) is 15.9. The normalized spacial score (nSPS) is 9.65. The third-order valence-corrected chi connectivity index (χ3v) is 7.23. The third kappa shape index (κ3) is 62.3. The molecule has 12 heteroatoms. The molecule has 4 rings (SSSR count). The molecule has 0 radical (unpaired) electrons. The van der Waals surface area contributed by atoms with Crippen LogP contribution in [0.3, 0.4) is 0 Å². The number of benzene rings is 4. The van der Waals surface area contributed by atoms with Gasteiger partial charge in [-0.15, -0.1) is 12.6 Å². The van der Waals surface area contributed by atoms with Gasteiger partial charge >= 0.3 is 10.6 Å². The lowest BCUT2D eigenvalue weighted by Crippen LogP contribution is -1.88. The maximum atomic E-state index is 9.19. The van der Waals surface area contributed by atoms with E-state index in [1.54, 1.807) is 0 Å². The Kier molecular flexibility index (Phi) is 50.4. The van der Waals surface area contributed by atoms with Gasteiger partial charge in [0.15, 0.2) is 0 Å². The first-order valence-electron chi connectivity index (χ1n) is 20.0. The summed E-state index contributed by atoms with van der Waals surface area (Å²) in [6.45, 7) is 13.1. The molecule has 0 aliphatic rings. The van der Waals surface area contributed by atoms with E-state index in [0.717, 1.165) is 0 Å². The third-order valence-electron chi connectivity index (χ3n) is 7.23. The summed E-state index contributed by atoms with van der Waals surface area (Å²) in [4.78, 5) is 0. The lowest BCUT2D eigenvalue weighted by molar-refractivity contribution is 0.488. The van der Waals surface area contributed by atoms with Crippen molar-refractivity contribution in [3.8, 4) is 0 Å². The average molecular weight is 859 g/mol. The molecule has 0 amide bonds. The first kappa shape index (κ1) is 63.0. The lowest BCUT2D eigenvalue weighted by Gasteiger charge is -1.97. The predicted octanol–water partition coefficient (Wildman–Crippen LogP) is 13.6. The molecule has 0 unspecified atom stereocenters. The molecule has 4 aromatic carbocycles. The molecule has 0 spiro atoms. The molecule has 2 N–H and O–H groups in total. The highest BCUT2D eigenvalue weighted by Gasteiger charge is 1.89. The Morgan fingerprint density at radius 2 is 0.491 bits per heavy atom. The van der Waals surface area contributed by atoms with Gasteiger partial charge in [0.05, 0.1) is 12.5 Å². The minimum absolute atomic E-state index is 0. The lowest BCUT2D eigenvalue weighted by atomic mass is 10.1. The van der Waals surface area contributed by atoms with E-state index in [4.69, 9.17) is 21.7 Å². The van der Waals surface area contributed by atoms with E-state index in [1.807, 2.05) is 13.8 Å². The van der Waals surface area contributed by atoms with Crippen molar-refractivity contribution in [3.05, 3.63) is 97.1 Å². The molecular formula is C45H78O9S3. The minimum atomic E-state index is -3.67. The van der Waals surface area contributed by atoms with E-state index in [0.29, 0.717) is 12.5 Å². The van der Waals surface area contributed by atoms with E-state index in [-0.39, 0.29) is 7.43 Å². The molecule has 0 aliphatic heterocycles. The van der Waals surface area contributed by atoms with Crippen LogP contribution in [-0.4, -0.2) is 51.1 Å². The molecule has 330 valence electrons. The number of fused-ring (bicyclic) bond motifs is 2. The van der Waals surface area contributed by atoms with E-state index in [1.165, 1.54) is 124 Å². The zero-order chi connectivity index (χ0) is 43.5. The SMILES string of the molecule is C.CC.CCCCCCCCCC.CCCCCCCCCC.CS(=O)(=O)O.CS(=O)(=O)O.O=S(=O)=O.c1ccc2ccccc2c1.c1ccc2ccccc2c1. The van der Waals surface area contributed by atoms with Crippen LogP contribution in [-0.2, 0) is 30.8 Å². The maximum Gasteiger partial charge on any atom is 0.425 e. The average Bonchev–Trinajstić information content (AvgIpc) is 3.15. The molecule has 4 aromatic rings. The first-order chi connectivity index (χ1) is 26.5. The van der Waals surface area contributed by atoms with Crippen LogP contribution in [0.5, 0.6) is 0 Å². The van der Waals surface area contributed by atoms with E-state index < -0.39 is 30.8 Å². The second-order valence-electron chi connectivity index (χ2n) is 12.6. The summed E-state index contributed by atoms with van der Waals surface area (Å²) in [6, 6.07) is 33.4. The van der Waals surface area contributed by atoms with Crippen molar-refractivity contribution in [2.24, 2.45) is 0 Å². The van der Waals surface area contributed by atoms with Crippen LogP contribution in [0.1, 0.15) is 152 Å². The van der Waals surface area contributed by atoms with Crippen LogP contribution < -0.4 is 0 Å². The van der Waals surface area contributed by atoms with Crippen LogP contribution in [0.15, 0.2) is 97.1 Å². The fourth-order valence-corrected chi connectivity index (χ4v) is 4.68. The molecule has 0 atom stereocenters. The highest BCUT2D eigenvalue weighted by atomic mass is 32.2. The fourth-order valence-electron chi connectivity index (χ4n) is 4.68. The van der Waals surface area contributed by atoms with Crippen molar-refractivity contribution >= 4 is 52.4 Å². The summed E-state index contributed by atoms with van der Waals surface area (Å²) in [7, 11) is -10.4. The van der Waals surface area contributed by atoms with Crippen molar-refractivity contribution in [1.82, 2.24) is 0 Å². The van der Waals surface area contributed by atoms with Crippen LogP contribution >= 0.6 is 0 Å². The van der Waals surface area contributed by atoms with Gasteiger partial charge in [-0.25, -0.2) is 0 Å². The van der Waals surface area contributed by atoms with Gasteiger partial charge in [0, 0.05) is 0 Å². The van der Waals surface area contributed by atoms with Crippen LogP contribution in [0.2, 0.25) is 0 Å². The maximum absolute atomic E-state index is 9.19. The molecule has 0 aromatic heterocycles. The quantitative estimate of drug-likeness (QED) is 0.0929. The molecule has 0 saturated heterocycles. The molecule has 0 aliphatic carbocycles. The summed E-state index contributed by atoms with van der Waals surface area (Å²) in [5, 5.41) is 5.24.